The standard InChI is InChI=1S/C22H28N4O4.CH2O2/c1-15-11-19(24-30-15)21(27)23-18-8-7-17(12-25(2)14-18)22(28)26-9-10-29-20-6-4-3-5-16(20)13-26;2-1-3/h3-6,11,17-18H,7-10,12-14H2,1-2H3,(H,23,27);1H,(H,2,3)/t17-,18+;/m1./s1. The second kappa shape index (κ2) is 11.5. The number of para-hydroxylation sites is 1. The molecule has 10 heteroatoms. The van der Waals surface area contributed by atoms with Gasteiger partial charge >= 0.3 is 0 Å². The maximum Gasteiger partial charge on any atom is 0.290 e. The Morgan fingerprint density at radius 2 is 2.00 bits per heavy atom. The number of hydrogen-bond acceptors (Lipinski definition) is 7. The lowest BCUT2D eigenvalue weighted by Gasteiger charge is -2.26. The number of nitrogens with one attached hydrogen (secondary N) is 1. The van der Waals surface area contributed by atoms with Crippen molar-refractivity contribution in [3.63, 3.8) is 0 Å². The molecule has 10 nitrogen and oxygen atoms in total. The summed E-state index contributed by atoms with van der Waals surface area (Å²) in [4.78, 5) is 38.1. The number of likely N-dealkylation sites (tertiary alicyclic amines) is 1. The number of aromatic nitrogens is 1. The van der Waals surface area contributed by atoms with E-state index in [1.807, 2.05) is 36.2 Å². The first kappa shape index (κ1) is 24.2. The number of carbonyl (C=O) groups is 3. The van der Waals surface area contributed by atoms with E-state index in [1.54, 1.807) is 13.0 Å². The largest absolute Gasteiger partial charge is 0.491 e. The molecule has 3 heterocycles. The highest BCUT2D eigenvalue weighted by Gasteiger charge is 2.31. The Morgan fingerprint density at radius 1 is 1.24 bits per heavy atom. The molecule has 0 aliphatic carbocycles. The van der Waals surface area contributed by atoms with E-state index in [2.05, 4.69) is 15.4 Å². The first-order chi connectivity index (χ1) is 15.9. The molecule has 0 radical (unpaired) electrons. The lowest BCUT2D eigenvalue weighted by atomic mass is 9.99. The molecule has 1 fully saturated rings. The third-order valence-corrected chi connectivity index (χ3v) is 5.74. The molecule has 0 bridgehead atoms. The second-order valence-electron chi connectivity index (χ2n) is 8.31. The molecule has 0 spiro atoms. The number of benzene rings is 1. The van der Waals surface area contributed by atoms with Crippen LogP contribution in [0.15, 0.2) is 34.9 Å². The zero-order chi connectivity index (χ0) is 23.8. The van der Waals surface area contributed by atoms with E-state index in [0.717, 1.165) is 24.2 Å². The highest BCUT2D eigenvalue weighted by atomic mass is 16.5. The van der Waals surface area contributed by atoms with Crippen LogP contribution in [-0.4, -0.2) is 77.7 Å². The molecule has 2 amide bonds. The van der Waals surface area contributed by atoms with Crippen molar-refractivity contribution < 1.29 is 28.8 Å². The molecule has 2 aliphatic rings. The highest BCUT2D eigenvalue weighted by Crippen LogP contribution is 2.25. The van der Waals surface area contributed by atoms with Gasteiger partial charge in [0.25, 0.3) is 12.4 Å². The average molecular weight is 459 g/mol. The van der Waals surface area contributed by atoms with Crippen LogP contribution in [-0.2, 0) is 16.1 Å². The van der Waals surface area contributed by atoms with E-state index in [-0.39, 0.29) is 35.9 Å². The summed E-state index contributed by atoms with van der Waals surface area (Å²) in [6, 6.07) is 9.47. The molecule has 178 valence electrons. The smallest absolute Gasteiger partial charge is 0.290 e. The number of amides is 2. The van der Waals surface area contributed by atoms with E-state index in [4.69, 9.17) is 19.2 Å². The van der Waals surface area contributed by atoms with E-state index in [0.29, 0.717) is 38.5 Å². The average Bonchev–Trinajstić information content (AvgIpc) is 3.00. The van der Waals surface area contributed by atoms with Gasteiger partial charge in [-0.1, -0.05) is 23.4 Å². The van der Waals surface area contributed by atoms with Gasteiger partial charge in [-0.25, -0.2) is 0 Å². The van der Waals surface area contributed by atoms with Gasteiger partial charge in [0.15, 0.2) is 5.69 Å². The van der Waals surface area contributed by atoms with Gasteiger partial charge in [0.1, 0.15) is 18.1 Å². The molecule has 2 N–H and O–H groups in total. The number of carboxylic acid groups (broad SMARTS) is 1. The molecule has 33 heavy (non-hydrogen) atoms. The zero-order valence-electron chi connectivity index (χ0n) is 18.9. The number of fused-ring (bicyclic) bond motifs is 1. The van der Waals surface area contributed by atoms with Crippen molar-refractivity contribution in [1.82, 2.24) is 20.3 Å². The van der Waals surface area contributed by atoms with Gasteiger partial charge in [-0.3, -0.25) is 14.4 Å². The number of hydrogen-bond donors (Lipinski definition) is 2. The third kappa shape index (κ3) is 6.55. The second-order valence-corrected chi connectivity index (χ2v) is 8.31. The lowest BCUT2D eigenvalue weighted by Crippen LogP contribution is -2.42. The Bertz CT molecular complexity index is 962. The van der Waals surface area contributed by atoms with Gasteiger partial charge in [0.2, 0.25) is 5.91 Å². The molecule has 0 saturated carbocycles. The summed E-state index contributed by atoms with van der Waals surface area (Å²) >= 11 is 0. The Hall–Kier alpha value is -3.40. The van der Waals surface area contributed by atoms with E-state index in [1.165, 1.54) is 0 Å². The van der Waals surface area contributed by atoms with Gasteiger partial charge < -0.3 is 29.5 Å². The molecule has 1 aromatic heterocycles. The fourth-order valence-corrected chi connectivity index (χ4v) is 4.24. The minimum absolute atomic E-state index is 0.0366. The minimum atomic E-state index is -0.250. The Labute approximate surface area is 192 Å². The van der Waals surface area contributed by atoms with Gasteiger partial charge in [0.05, 0.1) is 12.5 Å². The van der Waals surface area contributed by atoms with Crippen LogP contribution in [0.1, 0.15) is 34.7 Å². The minimum Gasteiger partial charge on any atom is -0.491 e. The maximum absolute atomic E-state index is 13.3. The van der Waals surface area contributed by atoms with Crippen LogP contribution >= 0.6 is 0 Å². The van der Waals surface area contributed by atoms with Gasteiger partial charge in [0, 0.05) is 37.3 Å². The van der Waals surface area contributed by atoms with Crippen LogP contribution in [0.2, 0.25) is 0 Å². The summed E-state index contributed by atoms with van der Waals surface area (Å²) in [5, 5.41) is 13.7. The summed E-state index contributed by atoms with van der Waals surface area (Å²) in [6.45, 7) is 4.53. The van der Waals surface area contributed by atoms with E-state index >= 15 is 0 Å². The van der Waals surface area contributed by atoms with Gasteiger partial charge in [-0.05, 0) is 32.9 Å². The number of aryl methyl sites for hydroxylation is 1. The fourth-order valence-electron chi connectivity index (χ4n) is 4.24. The first-order valence-corrected chi connectivity index (χ1v) is 10.9. The molecule has 2 aromatic rings. The lowest BCUT2D eigenvalue weighted by molar-refractivity contribution is -0.137. The van der Waals surface area contributed by atoms with Crippen molar-refractivity contribution in [1.29, 1.82) is 0 Å². The summed E-state index contributed by atoms with van der Waals surface area (Å²) in [5.74, 6) is 1.28. The van der Waals surface area contributed by atoms with Crippen LogP contribution < -0.4 is 10.1 Å². The van der Waals surface area contributed by atoms with Crippen LogP contribution in [0.4, 0.5) is 0 Å². The highest BCUT2D eigenvalue weighted by molar-refractivity contribution is 5.92. The fraction of sp³-hybridized carbons (Fsp3) is 0.478. The normalized spacial score (nSPS) is 20.7. The monoisotopic (exact) mass is 458 g/mol. The van der Waals surface area contributed by atoms with E-state index in [9.17, 15) is 9.59 Å². The van der Waals surface area contributed by atoms with Crippen LogP contribution in [0.25, 0.3) is 0 Å². The van der Waals surface area contributed by atoms with Gasteiger partial charge in [-0.15, -0.1) is 0 Å². The quantitative estimate of drug-likeness (QED) is 0.664. The maximum atomic E-state index is 13.3. The topological polar surface area (TPSA) is 125 Å². The Balaban J connectivity index is 0.000000968. The summed E-state index contributed by atoms with van der Waals surface area (Å²) in [6.07, 6.45) is 1.47. The van der Waals surface area contributed by atoms with Crippen molar-refractivity contribution in [3.05, 3.63) is 47.3 Å². The molecule has 0 unspecified atom stereocenters. The third-order valence-electron chi connectivity index (χ3n) is 5.74. The van der Waals surface area contributed by atoms with E-state index < -0.39 is 0 Å². The summed E-state index contributed by atoms with van der Waals surface area (Å²) < 4.78 is 10.8. The molecule has 2 aliphatic heterocycles. The molecule has 2 atom stereocenters. The van der Waals surface area contributed by atoms with Crippen LogP contribution in [0.5, 0.6) is 5.75 Å². The van der Waals surface area contributed by atoms with Crippen molar-refractivity contribution in [2.45, 2.75) is 32.4 Å². The van der Waals surface area contributed by atoms with Crippen LogP contribution in [0, 0.1) is 12.8 Å². The number of rotatable bonds is 3. The molecular formula is C23H30N4O6. The zero-order valence-corrected chi connectivity index (χ0v) is 18.9. The Kier molecular flexibility index (Phi) is 8.42. The summed E-state index contributed by atoms with van der Waals surface area (Å²) in [7, 11) is 1.99. The van der Waals surface area contributed by atoms with Crippen molar-refractivity contribution in [3.8, 4) is 5.75 Å². The van der Waals surface area contributed by atoms with Crippen LogP contribution in [0.3, 0.4) is 0 Å². The number of nitrogens with zero attached hydrogens (tertiary/aromatic N) is 3. The predicted octanol–water partition coefficient (Wildman–Crippen LogP) is 1.55. The number of likely N-dealkylation sites (N-methyl/N-ethyl adjacent to an activating group) is 1. The molecule has 1 saturated heterocycles. The first-order valence-electron chi connectivity index (χ1n) is 10.9. The molecule has 4 rings (SSSR count). The molecule has 1 aromatic carbocycles. The number of carbonyl (C=O) groups excluding carboxylic acids is 2. The SMILES string of the molecule is Cc1cc(C(=O)N[C@H]2CC[C@@H](C(=O)N3CCOc4ccccc4C3)CN(C)C2)no1.O=CO. The molecular weight excluding hydrogens is 428 g/mol. The van der Waals surface area contributed by atoms with Crippen molar-refractivity contribution in [2.75, 3.05) is 33.3 Å². The van der Waals surface area contributed by atoms with Crippen molar-refractivity contribution >= 4 is 18.3 Å². The predicted molar refractivity (Wildman–Crippen MR) is 119 cm³/mol. The van der Waals surface area contributed by atoms with Crippen molar-refractivity contribution in [2.24, 2.45) is 5.92 Å². The summed E-state index contributed by atoms with van der Waals surface area (Å²) in [5.41, 5.74) is 1.33. The number of ether oxygens (including phenoxy) is 1. The van der Waals surface area contributed by atoms with Gasteiger partial charge in [-0.2, -0.15) is 0 Å². The Morgan fingerprint density at radius 3 is 2.73 bits per heavy atom.